The van der Waals surface area contributed by atoms with E-state index in [4.69, 9.17) is 21.3 Å². The molecule has 2 aliphatic heterocycles. The number of hydrogen-bond acceptors (Lipinski definition) is 7. The van der Waals surface area contributed by atoms with Crippen molar-refractivity contribution in [1.29, 1.82) is 5.26 Å². The Bertz CT molecular complexity index is 1530. The zero-order chi connectivity index (χ0) is 27.1. The molecule has 0 bridgehead atoms. The van der Waals surface area contributed by atoms with Crippen LogP contribution in [0.2, 0.25) is 0 Å². The molecule has 1 amide bonds. The monoisotopic (exact) mass is 537 g/mol. The van der Waals surface area contributed by atoms with Crippen molar-refractivity contribution in [2.45, 2.75) is 19.4 Å². The van der Waals surface area contributed by atoms with Crippen LogP contribution in [0.15, 0.2) is 23.3 Å². The summed E-state index contributed by atoms with van der Waals surface area (Å²) in [5.74, 6) is -0.228. The van der Waals surface area contributed by atoms with Gasteiger partial charge in [0.1, 0.15) is 17.5 Å². The second-order valence-corrected chi connectivity index (χ2v) is 9.94. The Kier molecular flexibility index (Phi) is 6.99. The first kappa shape index (κ1) is 25.9. The predicted molar refractivity (Wildman–Crippen MR) is 149 cm³/mol. The van der Waals surface area contributed by atoms with E-state index in [-0.39, 0.29) is 23.4 Å². The number of carbonyl (C=O) groups excluding carboxylic acids is 1. The number of nitrogens with one attached hydrogen (secondary N) is 1. The molecule has 0 radical (unpaired) electrons. The Balaban J connectivity index is 1.88. The first-order valence-electron chi connectivity index (χ1n) is 12.4. The fraction of sp³-hybridized carbons (Fsp3) is 0.407. The summed E-state index contributed by atoms with van der Waals surface area (Å²) in [6, 6.07) is 3.13. The Morgan fingerprint density at radius 3 is 2.92 bits per heavy atom. The Morgan fingerprint density at radius 2 is 2.24 bits per heavy atom. The molecule has 2 fully saturated rings. The Labute approximate surface area is 225 Å². The largest absolute Gasteiger partial charge is 0.433 e. The van der Waals surface area contributed by atoms with Crippen molar-refractivity contribution in [3.05, 3.63) is 35.3 Å². The third-order valence-electron chi connectivity index (χ3n) is 7.64. The van der Waals surface area contributed by atoms with Crippen molar-refractivity contribution in [3.63, 3.8) is 0 Å². The van der Waals surface area contributed by atoms with Gasteiger partial charge in [0.05, 0.1) is 27.8 Å². The number of anilines is 2. The average Bonchev–Trinajstić information content (AvgIpc) is 3.58. The number of nitriles is 1. The van der Waals surface area contributed by atoms with Crippen molar-refractivity contribution >= 4 is 62.8 Å². The van der Waals surface area contributed by atoms with E-state index in [1.807, 2.05) is 19.1 Å². The molecule has 2 atom stereocenters. The van der Waals surface area contributed by atoms with Gasteiger partial charge in [-0.2, -0.15) is 5.26 Å². The zero-order valence-electron chi connectivity index (χ0n) is 21.8. The van der Waals surface area contributed by atoms with E-state index < -0.39 is 11.9 Å². The maximum absolute atomic E-state index is 15.5. The summed E-state index contributed by atoms with van der Waals surface area (Å²) < 4.78 is 20.4. The van der Waals surface area contributed by atoms with Crippen LogP contribution in [0.25, 0.3) is 27.5 Å². The number of allylic oxidation sites excluding steroid dienone is 2. The maximum Gasteiger partial charge on any atom is 0.415 e. The van der Waals surface area contributed by atoms with E-state index in [1.54, 1.807) is 19.5 Å². The number of aliphatic imine (C=N–C) groups is 1. The fourth-order valence-corrected chi connectivity index (χ4v) is 6.07. The molecular formula is C27H29ClFN7O2. The topological polar surface area (TPSA) is 101 Å². The number of likely N-dealkylation sites (tertiary alicyclic amines) is 1. The Hall–Kier alpha value is -3.68. The number of halogens is 2. The molecule has 38 heavy (non-hydrogen) atoms. The van der Waals surface area contributed by atoms with Gasteiger partial charge in [0.25, 0.3) is 0 Å². The average molecular weight is 538 g/mol. The van der Waals surface area contributed by atoms with Gasteiger partial charge in [-0.15, -0.1) is 0 Å². The highest BCUT2D eigenvalue weighted by Gasteiger charge is 2.42. The van der Waals surface area contributed by atoms with Crippen molar-refractivity contribution in [1.82, 2.24) is 14.9 Å². The summed E-state index contributed by atoms with van der Waals surface area (Å²) in [6.07, 6.45) is 5.83. The molecule has 2 aromatic heterocycles. The van der Waals surface area contributed by atoms with Gasteiger partial charge < -0.3 is 19.5 Å². The van der Waals surface area contributed by atoms with E-state index in [1.165, 1.54) is 11.9 Å². The SMILES string of the molecule is C/C=C(\C=N/C)c1cnc2[nH]c3c(N(C)C(=O)OCCl)cc(F)c(C#N)c3c2c1N1CC[C@H]2CN(C)C[C@H]21. The van der Waals surface area contributed by atoms with E-state index in [0.29, 0.717) is 27.9 Å². The number of carbonyl (C=O) groups is 1. The second kappa shape index (κ2) is 10.2. The predicted octanol–water partition coefficient (Wildman–Crippen LogP) is 4.74. The van der Waals surface area contributed by atoms with Crippen LogP contribution in [0.4, 0.5) is 20.6 Å². The summed E-state index contributed by atoms with van der Waals surface area (Å²) >= 11 is 5.59. The lowest BCUT2D eigenvalue weighted by molar-refractivity contribution is 0.174. The van der Waals surface area contributed by atoms with Crippen LogP contribution in [-0.2, 0) is 4.74 Å². The number of amides is 1. The number of nitrogens with zero attached hydrogens (tertiary/aromatic N) is 6. The van der Waals surface area contributed by atoms with Crippen molar-refractivity contribution in [3.8, 4) is 6.07 Å². The van der Waals surface area contributed by atoms with Gasteiger partial charge >= 0.3 is 6.09 Å². The molecule has 5 rings (SSSR count). The van der Waals surface area contributed by atoms with Gasteiger partial charge in [0.15, 0.2) is 6.07 Å². The molecule has 9 nitrogen and oxygen atoms in total. The smallest absolute Gasteiger partial charge is 0.415 e. The molecule has 11 heteroatoms. The summed E-state index contributed by atoms with van der Waals surface area (Å²) in [7, 11) is 5.30. The number of rotatable bonds is 5. The normalized spacial score (nSPS) is 20.0. The molecule has 3 aromatic rings. The van der Waals surface area contributed by atoms with Crippen LogP contribution in [0.1, 0.15) is 24.5 Å². The van der Waals surface area contributed by atoms with Gasteiger partial charge in [-0.25, -0.2) is 14.2 Å². The van der Waals surface area contributed by atoms with Crippen molar-refractivity contribution < 1.29 is 13.9 Å². The maximum atomic E-state index is 15.5. The van der Waals surface area contributed by atoms with Crippen molar-refractivity contribution in [2.24, 2.45) is 10.9 Å². The minimum atomic E-state index is -0.746. The van der Waals surface area contributed by atoms with Crippen LogP contribution < -0.4 is 9.80 Å². The number of aromatic nitrogens is 2. The molecule has 0 saturated carbocycles. The number of fused-ring (bicyclic) bond motifs is 4. The lowest BCUT2D eigenvalue weighted by Crippen LogP contribution is -2.35. The first-order chi connectivity index (χ1) is 18.3. The fourth-order valence-electron chi connectivity index (χ4n) is 5.98. The standard InChI is InChI=1S/C27H29ClFN7O2/c1-5-15(10-31-2)18-11-32-26-23(25(18)36-7-6-16-12-34(3)13-21(16)36)22-17(9-30)19(29)8-20(24(22)33-26)35(4)27(37)38-14-28/h5,8,10-11,16,21H,6-7,12-14H2,1-4H3,(H,32,33)/b15-5+,31-10-/t16-,21+/m0/s1. The van der Waals surface area contributed by atoms with Crippen LogP contribution >= 0.6 is 11.6 Å². The number of alkyl halides is 1. The molecule has 2 aliphatic rings. The highest BCUT2D eigenvalue weighted by molar-refractivity contribution is 6.23. The number of likely N-dealkylation sites (N-methyl/N-ethyl adjacent to an activating group) is 1. The molecule has 1 N–H and O–H groups in total. The van der Waals surface area contributed by atoms with Gasteiger partial charge in [-0.3, -0.25) is 9.89 Å². The van der Waals surface area contributed by atoms with Crippen LogP contribution in [-0.4, -0.2) is 80.1 Å². The number of pyridine rings is 1. The summed E-state index contributed by atoms with van der Waals surface area (Å²) in [6.45, 7) is 4.68. The van der Waals surface area contributed by atoms with Gasteiger partial charge in [0.2, 0.25) is 0 Å². The number of aromatic amines is 1. The molecule has 0 unspecified atom stereocenters. The highest BCUT2D eigenvalue weighted by atomic mass is 35.5. The third kappa shape index (κ3) is 4.06. The van der Waals surface area contributed by atoms with Gasteiger partial charge in [-0.1, -0.05) is 17.7 Å². The molecular weight excluding hydrogens is 509 g/mol. The lowest BCUT2D eigenvalue weighted by atomic mass is 9.98. The summed E-state index contributed by atoms with van der Waals surface area (Å²) in [4.78, 5) is 30.6. The number of benzene rings is 1. The van der Waals surface area contributed by atoms with Crippen LogP contribution in [0.5, 0.6) is 0 Å². The van der Waals surface area contributed by atoms with E-state index in [0.717, 1.165) is 48.9 Å². The quantitative estimate of drug-likeness (QED) is 0.373. The minimum absolute atomic E-state index is 0.111. The second-order valence-electron chi connectivity index (χ2n) is 9.72. The van der Waals surface area contributed by atoms with Crippen molar-refractivity contribution in [2.75, 3.05) is 56.6 Å². The summed E-state index contributed by atoms with van der Waals surface area (Å²) in [5.41, 5.74) is 3.64. The molecule has 198 valence electrons. The lowest BCUT2D eigenvalue weighted by Gasteiger charge is -2.29. The van der Waals surface area contributed by atoms with E-state index in [9.17, 15) is 10.1 Å². The number of H-pyrrole nitrogens is 1. The highest BCUT2D eigenvalue weighted by Crippen LogP contribution is 2.46. The molecule has 1 aromatic carbocycles. The van der Waals surface area contributed by atoms with Gasteiger partial charge in [-0.05, 0) is 31.9 Å². The van der Waals surface area contributed by atoms with Crippen LogP contribution in [0, 0.1) is 23.1 Å². The van der Waals surface area contributed by atoms with Gasteiger partial charge in [0, 0.05) is 69.2 Å². The number of ether oxygens (including phenoxy) is 1. The number of hydrogen-bond donors (Lipinski definition) is 1. The minimum Gasteiger partial charge on any atom is -0.433 e. The Morgan fingerprint density at radius 1 is 1.45 bits per heavy atom. The molecule has 0 aliphatic carbocycles. The zero-order valence-corrected chi connectivity index (χ0v) is 22.5. The first-order valence-corrected chi connectivity index (χ1v) is 12.9. The van der Waals surface area contributed by atoms with Crippen LogP contribution in [0.3, 0.4) is 0 Å². The molecule has 2 saturated heterocycles. The third-order valence-corrected chi connectivity index (χ3v) is 7.75. The summed E-state index contributed by atoms with van der Waals surface area (Å²) in [5, 5.41) is 11.1. The molecule has 4 heterocycles. The molecule has 0 spiro atoms. The van der Waals surface area contributed by atoms with E-state index in [2.05, 4.69) is 26.8 Å². The van der Waals surface area contributed by atoms with E-state index >= 15 is 4.39 Å².